The van der Waals surface area contributed by atoms with Gasteiger partial charge in [0.15, 0.2) is 0 Å². The second kappa shape index (κ2) is 3.38. The highest BCUT2D eigenvalue weighted by atomic mass is 16.3. The molecule has 12 heavy (non-hydrogen) atoms. The summed E-state index contributed by atoms with van der Waals surface area (Å²) in [5.74, 6) is 2.43. The van der Waals surface area contributed by atoms with Crippen LogP contribution in [0.25, 0.3) is 0 Å². The maximum Gasteiger partial charge on any atom is 0.0991 e. The van der Waals surface area contributed by atoms with Gasteiger partial charge in [-0.1, -0.05) is 6.07 Å². The minimum Gasteiger partial charge on any atom is -0.384 e. The molecule has 2 nitrogen and oxygen atoms in total. The average Bonchev–Trinajstić information content (AvgIpc) is 2.06. The van der Waals surface area contributed by atoms with Crippen molar-refractivity contribution in [2.75, 3.05) is 0 Å². The van der Waals surface area contributed by atoms with Crippen LogP contribution < -0.4 is 0 Å². The molecule has 1 heterocycles. The zero-order valence-corrected chi connectivity index (χ0v) is 6.99. The van der Waals surface area contributed by atoms with Crippen molar-refractivity contribution in [1.29, 1.82) is 0 Å². The van der Waals surface area contributed by atoms with Crippen LogP contribution in [-0.4, -0.2) is 10.1 Å². The Labute approximate surface area is 72.3 Å². The van der Waals surface area contributed by atoms with Crippen LogP contribution in [0.4, 0.5) is 0 Å². The Morgan fingerprint density at radius 2 is 2.50 bits per heavy atom. The molecule has 0 aromatic carbocycles. The summed E-state index contributed by atoms with van der Waals surface area (Å²) in [5.41, 5.74) is -0.203. The monoisotopic (exact) mass is 161 g/mol. The number of aliphatic hydroxyl groups is 1. The lowest BCUT2D eigenvalue weighted by Gasteiger charge is -2.20. The fourth-order valence-corrected chi connectivity index (χ4v) is 0.982. The van der Waals surface area contributed by atoms with Crippen molar-refractivity contribution in [1.82, 2.24) is 4.98 Å². The SMILES string of the molecule is C#CC[C@@](C)(O)c1cccnc1. The molecule has 0 aliphatic heterocycles. The van der Waals surface area contributed by atoms with E-state index in [1.165, 1.54) is 0 Å². The summed E-state index contributed by atoms with van der Waals surface area (Å²) in [6.07, 6.45) is 8.71. The molecule has 0 radical (unpaired) electrons. The Bertz CT molecular complexity index is 284. The Morgan fingerprint density at radius 1 is 1.75 bits per heavy atom. The van der Waals surface area contributed by atoms with E-state index in [2.05, 4.69) is 10.9 Å². The van der Waals surface area contributed by atoms with E-state index in [4.69, 9.17) is 6.42 Å². The van der Waals surface area contributed by atoms with Crippen LogP contribution in [0.5, 0.6) is 0 Å². The van der Waals surface area contributed by atoms with Crippen molar-refractivity contribution in [3.05, 3.63) is 30.1 Å². The molecule has 2 heteroatoms. The minimum absolute atomic E-state index is 0.304. The van der Waals surface area contributed by atoms with Gasteiger partial charge in [-0.3, -0.25) is 4.98 Å². The fraction of sp³-hybridized carbons (Fsp3) is 0.300. The van der Waals surface area contributed by atoms with Crippen LogP contribution >= 0.6 is 0 Å². The summed E-state index contributed by atoms with van der Waals surface area (Å²) in [6, 6.07) is 3.59. The molecule has 0 spiro atoms. The normalized spacial score (nSPS) is 14.8. The highest BCUT2D eigenvalue weighted by molar-refractivity contribution is 5.18. The first-order chi connectivity index (χ1) is 5.67. The lowest BCUT2D eigenvalue weighted by atomic mass is 9.95. The van der Waals surface area contributed by atoms with Crippen LogP contribution in [-0.2, 0) is 5.60 Å². The molecular formula is C10H11NO. The molecule has 0 fully saturated rings. The maximum absolute atomic E-state index is 9.80. The zero-order chi connectivity index (χ0) is 9.03. The fourth-order valence-electron chi connectivity index (χ4n) is 0.982. The van der Waals surface area contributed by atoms with Gasteiger partial charge in [0.1, 0.15) is 0 Å². The first-order valence-corrected chi connectivity index (χ1v) is 3.73. The van der Waals surface area contributed by atoms with Gasteiger partial charge in [-0.05, 0) is 13.0 Å². The van der Waals surface area contributed by atoms with E-state index in [-0.39, 0.29) is 0 Å². The molecule has 1 N–H and O–H groups in total. The zero-order valence-electron chi connectivity index (χ0n) is 6.99. The smallest absolute Gasteiger partial charge is 0.0991 e. The predicted molar refractivity (Wildman–Crippen MR) is 47.3 cm³/mol. The third-order valence-electron chi connectivity index (χ3n) is 1.73. The molecule has 1 aromatic heterocycles. The predicted octanol–water partition coefficient (Wildman–Crippen LogP) is 1.31. The lowest BCUT2D eigenvalue weighted by molar-refractivity contribution is 0.0626. The van der Waals surface area contributed by atoms with Gasteiger partial charge in [-0.25, -0.2) is 0 Å². The van der Waals surface area contributed by atoms with Gasteiger partial charge >= 0.3 is 0 Å². The lowest BCUT2D eigenvalue weighted by Crippen LogP contribution is -2.20. The number of hydrogen-bond acceptors (Lipinski definition) is 2. The average molecular weight is 161 g/mol. The molecule has 0 saturated carbocycles. The van der Waals surface area contributed by atoms with Crippen LogP contribution in [0.1, 0.15) is 18.9 Å². The summed E-state index contributed by atoms with van der Waals surface area (Å²) in [6.45, 7) is 1.68. The third-order valence-corrected chi connectivity index (χ3v) is 1.73. The van der Waals surface area contributed by atoms with E-state index < -0.39 is 5.60 Å². The summed E-state index contributed by atoms with van der Waals surface area (Å²) in [5, 5.41) is 9.80. The quantitative estimate of drug-likeness (QED) is 0.663. The number of nitrogens with zero attached hydrogens (tertiary/aromatic N) is 1. The summed E-state index contributed by atoms with van der Waals surface area (Å²) in [4.78, 5) is 3.90. The highest BCUT2D eigenvalue weighted by Crippen LogP contribution is 2.22. The topological polar surface area (TPSA) is 33.1 Å². The van der Waals surface area contributed by atoms with Crippen molar-refractivity contribution in [2.24, 2.45) is 0 Å². The van der Waals surface area contributed by atoms with Crippen molar-refractivity contribution in [3.8, 4) is 12.3 Å². The van der Waals surface area contributed by atoms with Crippen LogP contribution in [0, 0.1) is 12.3 Å². The molecule has 0 bridgehead atoms. The van der Waals surface area contributed by atoms with Gasteiger partial charge in [0, 0.05) is 24.4 Å². The van der Waals surface area contributed by atoms with E-state index in [0.717, 1.165) is 5.56 Å². The van der Waals surface area contributed by atoms with E-state index in [0.29, 0.717) is 6.42 Å². The summed E-state index contributed by atoms with van der Waals surface area (Å²) >= 11 is 0. The molecule has 1 rings (SSSR count). The number of hydrogen-bond donors (Lipinski definition) is 1. The van der Waals surface area contributed by atoms with Crippen molar-refractivity contribution < 1.29 is 5.11 Å². The molecule has 1 atom stereocenters. The Kier molecular flexibility index (Phi) is 2.47. The molecule has 0 amide bonds. The van der Waals surface area contributed by atoms with E-state index in [1.807, 2.05) is 6.07 Å². The number of pyridine rings is 1. The molecule has 62 valence electrons. The Morgan fingerprint density at radius 3 is 3.00 bits per heavy atom. The van der Waals surface area contributed by atoms with Gasteiger partial charge in [0.2, 0.25) is 0 Å². The molecule has 0 saturated heterocycles. The number of terminal acetylenes is 1. The number of aromatic nitrogens is 1. The van der Waals surface area contributed by atoms with E-state index in [1.54, 1.807) is 25.4 Å². The van der Waals surface area contributed by atoms with Crippen LogP contribution in [0.15, 0.2) is 24.5 Å². The minimum atomic E-state index is -0.955. The molecule has 0 aliphatic rings. The largest absolute Gasteiger partial charge is 0.384 e. The van der Waals surface area contributed by atoms with Gasteiger partial charge < -0.3 is 5.11 Å². The van der Waals surface area contributed by atoms with Gasteiger partial charge in [-0.15, -0.1) is 12.3 Å². The van der Waals surface area contributed by atoms with E-state index in [9.17, 15) is 5.11 Å². The maximum atomic E-state index is 9.80. The van der Waals surface area contributed by atoms with Gasteiger partial charge in [0.05, 0.1) is 5.60 Å². The molecule has 0 aliphatic carbocycles. The van der Waals surface area contributed by atoms with Crippen molar-refractivity contribution in [3.63, 3.8) is 0 Å². The summed E-state index contributed by atoms with van der Waals surface area (Å²) < 4.78 is 0. The summed E-state index contributed by atoms with van der Waals surface area (Å²) in [7, 11) is 0. The Balaban J connectivity index is 2.91. The van der Waals surface area contributed by atoms with Crippen LogP contribution in [0.3, 0.4) is 0 Å². The first kappa shape index (κ1) is 8.76. The highest BCUT2D eigenvalue weighted by Gasteiger charge is 2.21. The number of rotatable bonds is 2. The molecule has 1 aromatic rings. The van der Waals surface area contributed by atoms with Gasteiger partial charge in [0.25, 0.3) is 0 Å². The Hall–Kier alpha value is -1.33. The van der Waals surface area contributed by atoms with Gasteiger partial charge in [-0.2, -0.15) is 0 Å². The standard InChI is InChI=1S/C10H11NO/c1-3-6-10(2,12)9-5-4-7-11-8-9/h1,4-5,7-8,12H,6H2,2H3/t10-/m1/s1. The first-order valence-electron chi connectivity index (χ1n) is 3.73. The van der Waals surface area contributed by atoms with Crippen molar-refractivity contribution in [2.45, 2.75) is 18.9 Å². The van der Waals surface area contributed by atoms with E-state index >= 15 is 0 Å². The second-order valence-corrected chi connectivity index (χ2v) is 2.90. The third kappa shape index (κ3) is 1.84. The molecular weight excluding hydrogens is 150 g/mol. The molecule has 0 unspecified atom stereocenters. The van der Waals surface area contributed by atoms with Crippen LogP contribution in [0.2, 0.25) is 0 Å². The van der Waals surface area contributed by atoms with Crippen molar-refractivity contribution >= 4 is 0 Å². The second-order valence-electron chi connectivity index (χ2n) is 2.90.